The van der Waals surface area contributed by atoms with E-state index < -0.39 is 6.09 Å². The minimum Gasteiger partial charge on any atom is -0.447 e. The van der Waals surface area contributed by atoms with Crippen LogP contribution in [0.15, 0.2) is 48.5 Å². The summed E-state index contributed by atoms with van der Waals surface area (Å²) in [6.07, 6.45) is 2.04. The van der Waals surface area contributed by atoms with Gasteiger partial charge in [-0.05, 0) is 61.6 Å². The molecular formula is C24H27ClN4O3. The van der Waals surface area contributed by atoms with Gasteiger partial charge >= 0.3 is 6.09 Å². The van der Waals surface area contributed by atoms with E-state index in [1.54, 1.807) is 7.11 Å². The molecule has 0 bridgehead atoms. The van der Waals surface area contributed by atoms with Crippen molar-refractivity contribution in [1.82, 2.24) is 9.97 Å². The Morgan fingerprint density at radius 2 is 1.88 bits per heavy atom. The zero-order chi connectivity index (χ0) is 22.9. The van der Waals surface area contributed by atoms with E-state index in [-0.39, 0.29) is 12.6 Å². The second kappa shape index (κ2) is 11.5. The lowest BCUT2D eigenvalue weighted by Gasteiger charge is -2.10. The molecule has 1 heterocycles. The van der Waals surface area contributed by atoms with Gasteiger partial charge in [0.25, 0.3) is 0 Å². The number of ether oxygens (including phenoxy) is 2. The zero-order valence-corrected chi connectivity index (χ0v) is 19.0. The normalized spacial score (nSPS) is 10.7. The minimum absolute atomic E-state index is 0.215. The zero-order valence-electron chi connectivity index (χ0n) is 18.2. The van der Waals surface area contributed by atoms with Crippen LogP contribution in [0.4, 0.5) is 16.4 Å². The quantitative estimate of drug-likeness (QED) is 0.438. The highest BCUT2D eigenvalue weighted by Gasteiger charge is 2.10. The third-order valence-corrected chi connectivity index (χ3v) is 5.37. The predicted octanol–water partition coefficient (Wildman–Crippen LogP) is 5.06. The Bertz CT molecular complexity index is 1060. The summed E-state index contributed by atoms with van der Waals surface area (Å²) in [5.41, 5.74) is 11.4. The summed E-state index contributed by atoms with van der Waals surface area (Å²) in [6, 6.07) is 15.4. The average molecular weight is 455 g/mol. The molecule has 0 radical (unpaired) electrons. The Kier molecular flexibility index (Phi) is 8.41. The van der Waals surface area contributed by atoms with Crippen molar-refractivity contribution >= 4 is 29.3 Å². The van der Waals surface area contributed by atoms with Gasteiger partial charge in [0.15, 0.2) is 0 Å². The van der Waals surface area contributed by atoms with Crippen molar-refractivity contribution in [2.45, 2.75) is 26.2 Å². The molecule has 1 aromatic heterocycles. The van der Waals surface area contributed by atoms with Crippen LogP contribution in [0.2, 0.25) is 5.02 Å². The van der Waals surface area contributed by atoms with Crippen LogP contribution in [0.5, 0.6) is 0 Å². The number of amides is 1. The summed E-state index contributed by atoms with van der Waals surface area (Å²) in [4.78, 5) is 20.4. The Morgan fingerprint density at radius 1 is 1.09 bits per heavy atom. The Morgan fingerprint density at radius 3 is 2.62 bits per heavy atom. The fraction of sp³-hybridized carbons (Fsp3) is 0.292. The highest BCUT2D eigenvalue weighted by Crippen LogP contribution is 2.28. The van der Waals surface area contributed by atoms with Crippen LogP contribution in [0.1, 0.15) is 23.2 Å². The standard InChI is InChI=1S/C24H27ClN4O3/c1-16-20(7-4-8-21(16)25)22-15-19(27-23(26)29-22)6-3-5-17-9-11-18(12-10-17)28-24(30)32-14-13-31-2/h4,7-12,15H,3,5-6,13-14H2,1-2H3,(H,28,30)(H2,26,27,29). The number of rotatable bonds is 9. The first kappa shape index (κ1) is 23.5. The number of methoxy groups -OCH3 is 1. The molecule has 3 N–H and O–H groups in total. The summed E-state index contributed by atoms with van der Waals surface area (Å²) >= 11 is 6.25. The monoisotopic (exact) mass is 454 g/mol. The van der Waals surface area contributed by atoms with Crippen LogP contribution in [0.3, 0.4) is 0 Å². The van der Waals surface area contributed by atoms with Crippen LogP contribution in [0.25, 0.3) is 11.3 Å². The maximum absolute atomic E-state index is 11.7. The Hall–Kier alpha value is -3.16. The molecule has 0 saturated carbocycles. The number of nitrogens with one attached hydrogen (secondary N) is 1. The van der Waals surface area contributed by atoms with E-state index in [0.29, 0.717) is 17.3 Å². The van der Waals surface area contributed by atoms with Gasteiger partial charge < -0.3 is 15.2 Å². The highest BCUT2D eigenvalue weighted by atomic mass is 35.5. The minimum atomic E-state index is -0.498. The molecule has 2 aromatic carbocycles. The number of aryl methyl sites for hydroxylation is 2. The van der Waals surface area contributed by atoms with Gasteiger partial charge in [-0.2, -0.15) is 0 Å². The van der Waals surface area contributed by atoms with Crippen LogP contribution < -0.4 is 11.1 Å². The van der Waals surface area contributed by atoms with E-state index >= 15 is 0 Å². The molecule has 3 aromatic rings. The summed E-state index contributed by atoms with van der Waals surface area (Å²) in [6.45, 7) is 2.55. The fourth-order valence-electron chi connectivity index (χ4n) is 3.27. The van der Waals surface area contributed by atoms with E-state index in [2.05, 4.69) is 15.3 Å². The largest absolute Gasteiger partial charge is 0.447 e. The smallest absolute Gasteiger partial charge is 0.411 e. The van der Waals surface area contributed by atoms with Crippen molar-refractivity contribution in [3.63, 3.8) is 0 Å². The van der Waals surface area contributed by atoms with Gasteiger partial charge in [-0.25, -0.2) is 14.8 Å². The molecule has 168 valence electrons. The molecule has 0 aliphatic heterocycles. The first-order chi connectivity index (χ1) is 15.5. The number of nitrogen functional groups attached to an aromatic ring is 1. The summed E-state index contributed by atoms with van der Waals surface area (Å²) in [5, 5.41) is 3.39. The van der Waals surface area contributed by atoms with Crippen LogP contribution in [-0.2, 0) is 22.3 Å². The van der Waals surface area contributed by atoms with Gasteiger partial charge in [0, 0.05) is 29.1 Å². The molecule has 1 amide bonds. The van der Waals surface area contributed by atoms with Gasteiger partial charge in [-0.1, -0.05) is 35.9 Å². The predicted molar refractivity (Wildman–Crippen MR) is 127 cm³/mol. The van der Waals surface area contributed by atoms with Crippen LogP contribution >= 0.6 is 11.6 Å². The number of carbonyl (C=O) groups excluding carboxylic acids is 1. The number of hydrogen-bond donors (Lipinski definition) is 2. The van der Waals surface area contributed by atoms with Crippen LogP contribution in [0, 0.1) is 6.92 Å². The van der Waals surface area contributed by atoms with Crippen molar-refractivity contribution in [2.24, 2.45) is 0 Å². The highest BCUT2D eigenvalue weighted by molar-refractivity contribution is 6.31. The van der Waals surface area contributed by atoms with E-state index in [4.69, 9.17) is 26.8 Å². The SMILES string of the molecule is COCCOC(=O)Nc1ccc(CCCc2cc(-c3cccc(Cl)c3C)nc(N)n2)cc1. The third kappa shape index (κ3) is 6.67. The second-order valence-electron chi connectivity index (χ2n) is 7.32. The topological polar surface area (TPSA) is 99.4 Å². The number of halogens is 1. The molecule has 0 aliphatic rings. The van der Waals surface area contributed by atoms with E-state index in [1.807, 2.05) is 55.5 Å². The van der Waals surface area contributed by atoms with Gasteiger partial charge in [0.05, 0.1) is 12.3 Å². The number of carbonyl (C=O) groups is 1. The van der Waals surface area contributed by atoms with Crippen LogP contribution in [-0.4, -0.2) is 36.4 Å². The molecular weight excluding hydrogens is 428 g/mol. The van der Waals surface area contributed by atoms with E-state index in [1.165, 1.54) is 0 Å². The molecule has 0 saturated heterocycles. The molecule has 0 fully saturated rings. The number of hydrogen-bond acceptors (Lipinski definition) is 6. The van der Waals surface area contributed by atoms with Gasteiger partial charge in [0.2, 0.25) is 5.95 Å². The maximum Gasteiger partial charge on any atom is 0.411 e. The summed E-state index contributed by atoms with van der Waals surface area (Å²) in [7, 11) is 1.55. The number of nitrogens with zero attached hydrogens (tertiary/aromatic N) is 2. The second-order valence-corrected chi connectivity index (χ2v) is 7.73. The number of anilines is 2. The van der Waals surface area contributed by atoms with Crippen molar-refractivity contribution in [3.05, 3.63) is 70.4 Å². The maximum atomic E-state index is 11.7. The average Bonchev–Trinajstić information content (AvgIpc) is 2.77. The first-order valence-corrected chi connectivity index (χ1v) is 10.7. The van der Waals surface area contributed by atoms with Crippen molar-refractivity contribution in [3.8, 4) is 11.3 Å². The molecule has 0 aliphatic carbocycles. The lowest BCUT2D eigenvalue weighted by atomic mass is 10.0. The van der Waals surface area contributed by atoms with Gasteiger partial charge in [0.1, 0.15) is 6.61 Å². The Labute approximate surface area is 192 Å². The molecule has 0 atom stereocenters. The molecule has 32 heavy (non-hydrogen) atoms. The third-order valence-electron chi connectivity index (χ3n) is 4.96. The number of benzene rings is 2. The van der Waals surface area contributed by atoms with E-state index in [0.717, 1.165) is 47.3 Å². The molecule has 0 unspecified atom stereocenters. The van der Waals surface area contributed by atoms with Gasteiger partial charge in [-0.3, -0.25) is 5.32 Å². The Balaban J connectivity index is 1.56. The molecule has 8 heteroatoms. The van der Waals surface area contributed by atoms with Crippen molar-refractivity contribution in [2.75, 3.05) is 31.4 Å². The lowest BCUT2D eigenvalue weighted by molar-refractivity contribution is 0.107. The summed E-state index contributed by atoms with van der Waals surface area (Å²) < 4.78 is 9.84. The summed E-state index contributed by atoms with van der Waals surface area (Å²) in [5.74, 6) is 0.254. The molecule has 7 nitrogen and oxygen atoms in total. The lowest BCUT2D eigenvalue weighted by Crippen LogP contribution is -2.16. The number of aromatic nitrogens is 2. The van der Waals surface area contributed by atoms with Crippen molar-refractivity contribution in [1.29, 1.82) is 0 Å². The van der Waals surface area contributed by atoms with E-state index in [9.17, 15) is 4.79 Å². The first-order valence-electron chi connectivity index (χ1n) is 10.4. The number of nitrogens with two attached hydrogens (primary N) is 1. The molecule has 0 spiro atoms. The molecule has 3 rings (SSSR count). The fourth-order valence-corrected chi connectivity index (χ4v) is 3.44. The van der Waals surface area contributed by atoms with Crippen molar-refractivity contribution < 1.29 is 14.3 Å². The van der Waals surface area contributed by atoms with Gasteiger partial charge in [-0.15, -0.1) is 0 Å².